The number of rotatable bonds is 1. The fraction of sp³-hybridized carbons (Fsp3) is 0.211. The minimum absolute atomic E-state index is 0.0228. The zero-order chi connectivity index (χ0) is 17.7. The molecular weight excluding hydrogens is 334 g/mol. The van der Waals surface area contributed by atoms with Crippen LogP contribution in [0.3, 0.4) is 0 Å². The van der Waals surface area contributed by atoms with Gasteiger partial charge in [-0.15, -0.1) is 11.3 Å². The van der Waals surface area contributed by atoms with E-state index in [1.54, 1.807) is 11.0 Å². The molecule has 6 heteroatoms. The van der Waals surface area contributed by atoms with Gasteiger partial charge >= 0.3 is 0 Å². The number of benzene rings is 1. The van der Waals surface area contributed by atoms with Crippen molar-refractivity contribution >= 4 is 44.7 Å². The molecule has 4 rings (SSSR count). The normalized spacial score (nSPS) is 13.7. The second-order valence-electron chi connectivity index (χ2n) is 6.27. The average molecular weight is 351 g/mol. The second-order valence-corrected chi connectivity index (χ2v) is 7.27. The van der Waals surface area contributed by atoms with Gasteiger partial charge in [0.05, 0.1) is 16.3 Å². The number of fused-ring (bicyclic) bond motifs is 2. The van der Waals surface area contributed by atoms with E-state index in [-0.39, 0.29) is 18.4 Å². The summed E-state index contributed by atoms with van der Waals surface area (Å²) in [6, 6.07) is 9.39. The van der Waals surface area contributed by atoms with Gasteiger partial charge in [0.15, 0.2) is 0 Å². The molecule has 1 N–H and O–H groups in total. The van der Waals surface area contributed by atoms with Gasteiger partial charge in [0.1, 0.15) is 11.4 Å². The van der Waals surface area contributed by atoms with Gasteiger partial charge in [-0.1, -0.05) is 12.1 Å². The Balaban J connectivity index is 1.85. The van der Waals surface area contributed by atoms with Crippen LogP contribution in [0, 0.1) is 20.8 Å². The summed E-state index contributed by atoms with van der Waals surface area (Å²) < 4.78 is 0. The monoisotopic (exact) mass is 351 g/mol. The number of hydrogen-bond donors (Lipinski definition) is 1. The third-order valence-corrected chi connectivity index (χ3v) is 5.61. The Kier molecular flexibility index (Phi) is 3.58. The fourth-order valence-electron chi connectivity index (χ4n) is 3.36. The molecular formula is C19H17N3O2S. The zero-order valence-electron chi connectivity index (χ0n) is 14.2. The number of pyridine rings is 1. The van der Waals surface area contributed by atoms with E-state index >= 15 is 0 Å². The number of aromatic nitrogens is 1. The predicted molar refractivity (Wildman–Crippen MR) is 101 cm³/mol. The zero-order valence-corrected chi connectivity index (χ0v) is 15.0. The molecule has 0 atom stereocenters. The minimum atomic E-state index is -0.184. The Morgan fingerprint density at radius 2 is 2.00 bits per heavy atom. The van der Waals surface area contributed by atoms with Crippen LogP contribution in [0.15, 0.2) is 30.3 Å². The average Bonchev–Trinajstić information content (AvgIpc) is 2.90. The maximum atomic E-state index is 13.2. The summed E-state index contributed by atoms with van der Waals surface area (Å²) in [6.45, 7) is 5.96. The van der Waals surface area contributed by atoms with Crippen LogP contribution in [0.25, 0.3) is 10.2 Å². The van der Waals surface area contributed by atoms with E-state index in [0.29, 0.717) is 10.6 Å². The van der Waals surface area contributed by atoms with Crippen molar-refractivity contribution in [2.24, 2.45) is 0 Å². The molecule has 0 aliphatic carbocycles. The number of carbonyl (C=O) groups is 2. The Labute approximate surface area is 149 Å². The lowest BCUT2D eigenvalue weighted by Gasteiger charge is -2.28. The lowest BCUT2D eigenvalue weighted by Crippen LogP contribution is -2.42. The van der Waals surface area contributed by atoms with Crippen LogP contribution in [0.5, 0.6) is 0 Å². The lowest BCUT2D eigenvalue weighted by atomic mass is 10.1. The topological polar surface area (TPSA) is 62.3 Å². The number of hydrogen-bond acceptors (Lipinski definition) is 4. The van der Waals surface area contributed by atoms with Gasteiger partial charge in [-0.05, 0) is 50.1 Å². The second kappa shape index (κ2) is 5.67. The number of anilines is 2. The first-order valence-corrected chi connectivity index (χ1v) is 8.85. The number of nitrogens with zero attached hydrogens (tertiary/aromatic N) is 2. The van der Waals surface area contributed by atoms with E-state index in [1.165, 1.54) is 11.3 Å². The van der Waals surface area contributed by atoms with Crippen molar-refractivity contribution in [1.82, 2.24) is 4.98 Å². The predicted octanol–water partition coefficient (Wildman–Crippen LogP) is 3.82. The van der Waals surface area contributed by atoms with Gasteiger partial charge in [-0.25, -0.2) is 4.98 Å². The van der Waals surface area contributed by atoms with Crippen LogP contribution in [-0.2, 0) is 4.79 Å². The smallest absolute Gasteiger partial charge is 0.269 e. The third kappa shape index (κ3) is 2.49. The standard InChI is InChI=1S/C19H17N3O2S/c1-10-8-11(2)20-18-16(10)12(3)17(25-18)19(24)22-9-15(23)21-13-6-4-5-7-14(13)22/h4-8H,9H2,1-3H3,(H,21,23). The molecule has 0 bridgehead atoms. The first-order chi connectivity index (χ1) is 12.0. The van der Waals surface area contributed by atoms with E-state index < -0.39 is 0 Å². The molecule has 2 amide bonds. The summed E-state index contributed by atoms with van der Waals surface area (Å²) >= 11 is 1.40. The van der Waals surface area contributed by atoms with E-state index in [2.05, 4.69) is 10.3 Å². The number of para-hydroxylation sites is 2. The number of nitrogens with one attached hydrogen (secondary N) is 1. The van der Waals surface area contributed by atoms with Gasteiger partial charge < -0.3 is 5.32 Å². The van der Waals surface area contributed by atoms with Crippen LogP contribution >= 0.6 is 11.3 Å². The van der Waals surface area contributed by atoms with E-state index in [9.17, 15) is 9.59 Å². The van der Waals surface area contributed by atoms with Crippen molar-refractivity contribution in [3.05, 3.63) is 52.0 Å². The van der Waals surface area contributed by atoms with Crippen molar-refractivity contribution in [1.29, 1.82) is 0 Å². The number of carbonyl (C=O) groups excluding carboxylic acids is 2. The Bertz CT molecular complexity index is 1040. The fourth-order valence-corrected chi connectivity index (χ4v) is 4.61. The van der Waals surface area contributed by atoms with E-state index in [1.807, 2.05) is 45.0 Å². The Morgan fingerprint density at radius 1 is 1.24 bits per heavy atom. The molecule has 0 spiro atoms. The van der Waals surface area contributed by atoms with Crippen LogP contribution in [-0.4, -0.2) is 23.3 Å². The first kappa shape index (κ1) is 15.8. The quantitative estimate of drug-likeness (QED) is 0.725. The maximum Gasteiger partial charge on any atom is 0.269 e. The van der Waals surface area contributed by atoms with Crippen molar-refractivity contribution in [3.63, 3.8) is 0 Å². The molecule has 3 heterocycles. The maximum absolute atomic E-state index is 13.2. The van der Waals surface area contributed by atoms with Gasteiger partial charge in [0, 0.05) is 11.1 Å². The third-order valence-electron chi connectivity index (χ3n) is 4.44. The molecule has 126 valence electrons. The molecule has 3 aromatic rings. The van der Waals surface area contributed by atoms with Crippen molar-refractivity contribution in [2.75, 3.05) is 16.8 Å². The SMILES string of the molecule is Cc1cc(C)c2c(C)c(C(=O)N3CC(=O)Nc4ccccc43)sc2n1. The molecule has 25 heavy (non-hydrogen) atoms. The molecule has 5 nitrogen and oxygen atoms in total. The van der Waals surface area contributed by atoms with Crippen molar-refractivity contribution < 1.29 is 9.59 Å². The van der Waals surface area contributed by atoms with Gasteiger partial charge in [-0.3, -0.25) is 14.5 Å². The van der Waals surface area contributed by atoms with Crippen molar-refractivity contribution in [2.45, 2.75) is 20.8 Å². The van der Waals surface area contributed by atoms with Gasteiger partial charge in [-0.2, -0.15) is 0 Å². The molecule has 0 saturated carbocycles. The highest BCUT2D eigenvalue weighted by molar-refractivity contribution is 7.20. The summed E-state index contributed by atoms with van der Waals surface area (Å²) in [7, 11) is 0. The van der Waals surface area contributed by atoms with E-state index in [4.69, 9.17) is 0 Å². The summed E-state index contributed by atoms with van der Waals surface area (Å²) in [5, 5.41) is 3.85. The molecule has 1 aliphatic rings. The van der Waals surface area contributed by atoms with Crippen LogP contribution in [0.2, 0.25) is 0 Å². The van der Waals surface area contributed by atoms with Crippen LogP contribution in [0.4, 0.5) is 11.4 Å². The molecule has 0 radical (unpaired) electrons. The largest absolute Gasteiger partial charge is 0.323 e. The van der Waals surface area contributed by atoms with Gasteiger partial charge in [0.25, 0.3) is 5.91 Å². The highest BCUT2D eigenvalue weighted by Gasteiger charge is 2.30. The molecule has 2 aromatic heterocycles. The summed E-state index contributed by atoms with van der Waals surface area (Å²) in [5.74, 6) is -0.337. The van der Waals surface area contributed by atoms with Crippen molar-refractivity contribution in [3.8, 4) is 0 Å². The highest BCUT2D eigenvalue weighted by Crippen LogP contribution is 2.36. The summed E-state index contributed by atoms with van der Waals surface area (Å²) in [5.41, 5.74) is 4.37. The number of thiophene rings is 1. The number of amides is 2. The molecule has 1 aromatic carbocycles. The Hall–Kier alpha value is -2.73. The van der Waals surface area contributed by atoms with E-state index in [0.717, 1.165) is 32.7 Å². The van der Waals surface area contributed by atoms with Crippen LogP contribution < -0.4 is 10.2 Å². The lowest BCUT2D eigenvalue weighted by molar-refractivity contribution is -0.115. The minimum Gasteiger partial charge on any atom is -0.323 e. The summed E-state index contributed by atoms with van der Waals surface area (Å²) in [6.07, 6.45) is 0. The molecule has 0 unspecified atom stereocenters. The number of aryl methyl sites for hydroxylation is 3. The molecule has 0 fully saturated rings. The van der Waals surface area contributed by atoms with Gasteiger partial charge in [0.2, 0.25) is 5.91 Å². The highest BCUT2D eigenvalue weighted by atomic mass is 32.1. The molecule has 1 aliphatic heterocycles. The van der Waals surface area contributed by atoms with Crippen LogP contribution in [0.1, 0.15) is 26.5 Å². The summed E-state index contributed by atoms with van der Waals surface area (Å²) in [4.78, 5) is 32.9. The first-order valence-electron chi connectivity index (χ1n) is 8.04. The Morgan fingerprint density at radius 3 is 2.80 bits per heavy atom. The molecule has 0 saturated heterocycles.